The third-order valence-corrected chi connectivity index (χ3v) is 3.70. The summed E-state index contributed by atoms with van der Waals surface area (Å²) in [4.78, 5) is 0. The Morgan fingerprint density at radius 2 is 2.23 bits per heavy atom. The van der Waals surface area contributed by atoms with Crippen molar-refractivity contribution < 1.29 is 0 Å². The van der Waals surface area contributed by atoms with Crippen LogP contribution in [0.4, 0.5) is 0 Å². The van der Waals surface area contributed by atoms with Crippen molar-refractivity contribution >= 4 is 44.6 Å². The van der Waals surface area contributed by atoms with Crippen LogP contribution in [0.15, 0.2) is 17.5 Å². The molecule has 2 aromatic rings. The van der Waals surface area contributed by atoms with Crippen LogP contribution < -0.4 is 0 Å². The number of benzene rings is 1. The van der Waals surface area contributed by atoms with Crippen LogP contribution in [0.2, 0.25) is 5.02 Å². The Bertz CT molecular complexity index is 445. The van der Waals surface area contributed by atoms with Gasteiger partial charge in [0, 0.05) is 21.0 Å². The lowest BCUT2D eigenvalue weighted by molar-refractivity contribution is 1.35. The number of aryl methyl sites for hydroxylation is 1. The summed E-state index contributed by atoms with van der Waals surface area (Å²) in [6.45, 7) is 2.04. The van der Waals surface area contributed by atoms with Crippen molar-refractivity contribution in [2.45, 2.75) is 12.8 Å². The lowest BCUT2D eigenvalue weighted by atomic mass is 10.1. The quantitative estimate of drug-likeness (QED) is 0.629. The number of rotatable bonds is 1. The second-order valence-corrected chi connectivity index (χ2v) is 4.54. The van der Waals surface area contributed by atoms with Crippen LogP contribution in [0.3, 0.4) is 0 Å². The second-order valence-electron chi connectivity index (χ2n) is 2.95. The van der Waals surface area contributed by atoms with Crippen molar-refractivity contribution in [2.24, 2.45) is 0 Å². The van der Waals surface area contributed by atoms with Crippen LogP contribution in [0.25, 0.3) is 10.1 Å². The van der Waals surface area contributed by atoms with Crippen LogP contribution in [0, 0.1) is 6.92 Å². The minimum absolute atomic E-state index is 0.556. The maximum atomic E-state index is 6.10. The first-order valence-corrected chi connectivity index (χ1v) is 5.74. The molecule has 0 N–H and O–H groups in total. The van der Waals surface area contributed by atoms with Gasteiger partial charge < -0.3 is 0 Å². The number of thiophene rings is 1. The zero-order valence-electron chi connectivity index (χ0n) is 7.10. The van der Waals surface area contributed by atoms with Gasteiger partial charge in [0.1, 0.15) is 0 Å². The highest BCUT2D eigenvalue weighted by molar-refractivity contribution is 7.17. The molecule has 1 aromatic carbocycles. The SMILES string of the molecule is Cc1cc(Cl)c2ccsc2c1CCl. The molecule has 68 valence electrons. The van der Waals surface area contributed by atoms with Crippen molar-refractivity contribution in [3.8, 4) is 0 Å². The lowest BCUT2D eigenvalue weighted by Crippen LogP contribution is -1.85. The largest absolute Gasteiger partial charge is 0.143 e. The fraction of sp³-hybridized carbons (Fsp3) is 0.200. The Morgan fingerprint density at radius 1 is 1.46 bits per heavy atom. The van der Waals surface area contributed by atoms with Crippen LogP contribution in [-0.2, 0) is 5.88 Å². The topological polar surface area (TPSA) is 0 Å². The van der Waals surface area contributed by atoms with Gasteiger partial charge in [-0.25, -0.2) is 0 Å². The zero-order valence-corrected chi connectivity index (χ0v) is 9.43. The molecule has 0 aliphatic heterocycles. The van der Waals surface area contributed by atoms with Gasteiger partial charge >= 0.3 is 0 Å². The monoisotopic (exact) mass is 230 g/mol. The molecule has 0 amide bonds. The molecule has 0 saturated carbocycles. The van der Waals surface area contributed by atoms with E-state index in [1.807, 2.05) is 24.4 Å². The molecule has 0 bridgehead atoms. The zero-order chi connectivity index (χ0) is 9.42. The first-order chi connectivity index (χ1) is 6.24. The van der Waals surface area contributed by atoms with Crippen LogP contribution in [0.5, 0.6) is 0 Å². The molecule has 3 heteroatoms. The van der Waals surface area contributed by atoms with Crippen molar-refractivity contribution in [1.29, 1.82) is 0 Å². The highest BCUT2D eigenvalue weighted by atomic mass is 35.5. The Morgan fingerprint density at radius 3 is 2.92 bits per heavy atom. The maximum Gasteiger partial charge on any atom is 0.0495 e. The van der Waals surface area contributed by atoms with E-state index in [1.54, 1.807) is 11.3 Å². The normalized spacial score (nSPS) is 11.0. The fourth-order valence-electron chi connectivity index (χ4n) is 1.43. The number of alkyl halides is 1. The third-order valence-electron chi connectivity index (χ3n) is 2.15. The van der Waals surface area contributed by atoms with Gasteiger partial charge in [0.25, 0.3) is 0 Å². The molecule has 0 radical (unpaired) electrons. The Balaban J connectivity index is 2.88. The van der Waals surface area contributed by atoms with E-state index in [9.17, 15) is 0 Å². The van der Waals surface area contributed by atoms with E-state index in [-0.39, 0.29) is 0 Å². The van der Waals surface area contributed by atoms with Gasteiger partial charge in [-0.3, -0.25) is 0 Å². The number of halogens is 2. The summed E-state index contributed by atoms with van der Waals surface area (Å²) >= 11 is 13.7. The molecule has 0 aliphatic rings. The fourth-order valence-corrected chi connectivity index (χ4v) is 3.25. The van der Waals surface area contributed by atoms with Crippen LogP contribution in [0.1, 0.15) is 11.1 Å². The molecule has 0 nitrogen and oxygen atoms in total. The van der Waals surface area contributed by atoms with E-state index >= 15 is 0 Å². The highest BCUT2D eigenvalue weighted by Crippen LogP contribution is 2.34. The molecule has 1 aromatic heterocycles. The van der Waals surface area contributed by atoms with E-state index in [0.29, 0.717) is 5.88 Å². The van der Waals surface area contributed by atoms with E-state index in [1.165, 1.54) is 15.8 Å². The predicted octanol–water partition coefficient (Wildman–Crippen LogP) is 4.60. The van der Waals surface area contributed by atoms with E-state index in [0.717, 1.165) is 10.4 Å². The summed E-state index contributed by atoms with van der Waals surface area (Å²) in [7, 11) is 0. The second kappa shape index (κ2) is 3.49. The molecule has 2 rings (SSSR count). The van der Waals surface area contributed by atoms with Gasteiger partial charge in [-0.2, -0.15) is 0 Å². The third kappa shape index (κ3) is 1.45. The first kappa shape index (κ1) is 9.32. The summed E-state index contributed by atoms with van der Waals surface area (Å²) < 4.78 is 1.22. The van der Waals surface area contributed by atoms with E-state index in [4.69, 9.17) is 23.2 Å². The first-order valence-electron chi connectivity index (χ1n) is 3.95. The summed E-state index contributed by atoms with van der Waals surface area (Å²) in [5.74, 6) is 0.556. The number of hydrogen-bond acceptors (Lipinski definition) is 1. The number of hydrogen-bond donors (Lipinski definition) is 0. The van der Waals surface area contributed by atoms with Crippen molar-refractivity contribution in [3.63, 3.8) is 0 Å². The number of fused-ring (bicyclic) bond motifs is 1. The Kier molecular flexibility index (Phi) is 2.50. The molecule has 0 atom stereocenters. The Hall–Kier alpha value is -0.240. The standard InChI is InChI=1S/C10H8Cl2S/c1-6-4-9(12)7-2-3-13-10(7)8(6)5-11/h2-4H,5H2,1H3. The van der Waals surface area contributed by atoms with Crippen molar-refractivity contribution in [2.75, 3.05) is 0 Å². The van der Waals surface area contributed by atoms with Crippen LogP contribution in [-0.4, -0.2) is 0 Å². The smallest absolute Gasteiger partial charge is 0.0495 e. The molecular formula is C10H8Cl2S. The van der Waals surface area contributed by atoms with Gasteiger partial charge in [0.05, 0.1) is 0 Å². The minimum Gasteiger partial charge on any atom is -0.143 e. The van der Waals surface area contributed by atoms with E-state index < -0.39 is 0 Å². The molecule has 0 aliphatic carbocycles. The molecular weight excluding hydrogens is 223 g/mol. The highest BCUT2D eigenvalue weighted by Gasteiger charge is 2.08. The molecule has 1 heterocycles. The molecule has 0 spiro atoms. The van der Waals surface area contributed by atoms with E-state index in [2.05, 4.69) is 0 Å². The average molecular weight is 231 g/mol. The minimum atomic E-state index is 0.556. The summed E-state index contributed by atoms with van der Waals surface area (Å²) in [5, 5.41) is 3.99. The van der Waals surface area contributed by atoms with Crippen LogP contribution >= 0.6 is 34.5 Å². The summed E-state index contributed by atoms with van der Waals surface area (Å²) in [5.41, 5.74) is 2.38. The van der Waals surface area contributed by atoms with Crippen molar-refractivity contribution in [3.05, 3.63) is 33.7 Å². The molecule has 0 unspecified atom stereocenters. The summed E-state index contributed by atoms with van der Waals surface area (Å²) in [6.07, 6.45) is 0. The maximum absolute atomic E-state index is 6.10. The van der Waals surface area contributed by atoms with Gasteiger partial charge in [-0.1, -0.05) is 11.6 Å². The Labute approximate surface area is 91.1 Å². The summed E-state index contributed by atoms with van der Waals surface area (Å²) in [6, 6.07) is 4.02. The van der Waals surface area contributed by atoms with Crippen molar-refractivity contribution in [1.82, 2.24) is 0 Å². The molecule has 0 saturated heterocycles. The van der Waals surface area contributed by atoms with Gasteiger partial charge in [-0.15, -0.1) is 22.9 Å². The van der Waals surface area contributed by atoms with Gasteiger partial charge in [0.15, 0.2) is 0 Å². The van der Waals surface area contributed by atoms with Gasteiger partial charge in [0.2, 0.25) is 0 Å². The van der Waals surface area contributed by atoms with Gasteiger partial charge in [-0.05, 0) is 35.6 Å². The molecule has 0 fully saturated rings. The lowest BCUT2D eigenvalue weighted by Gasteiger charge is -2.04. The average Bonchev–Trinajstić information content (AvgIpc) is 2.53. The molecule has 13 heavy (non-hydrogen) atoms. The predicted molar refractivity (Wildman–Crippen MR) is 61.1 cm³/mol.